The first kappa shape index (κ1) is 15.6. The molecular weight excluding hydrogens is 278 g/mol. The van der Waals surface area contributed by atoms with Crippen LogP contribution in [-0.2, 0) is 0 Å². The molecule has 1 nitrogen and oxygen atoms in total. The molecule has 116 valence electrons. The minimum Gasteiger partial charge on any atom is -0.198 e. The largest absolute Gasteiger partial charge is 0.198 e. The van der Waals surface area contributed by atoms with Gasteiger partial charge in [0.25, 0.3) is 0 Å². The number of hydrogen-bond acceptors (Lipinski definition) is 1. The highest BCUT2D eigenvalue weighted by Crippen LogP contribution is 2.41. The molecular formula is C22H23N. The summed E-state index contributed by atoms with van der Waals surface area (Å²) in [7, 11) is 0. The molecule has 0 aromatic heterocycles. The molecule has 0 unspecified atom stereocenters. The Hall–Kier alpha value is -2.33. The third kappa shape index (κ3) is 3.90. The van der Waals surface area contributed by atoms with Gasteiger partial charge in [-0.25, -0.2) is 0 Å². The van der Waals surface area contributed by atoms with Gasteiger partial charge in [0.15, 0.2) is 0 Å². The normalized spacial score (nSPS) is 20.2. The molecule has 1 aliphatic carbocycles. The van der Waals surface area contributed by atoms with E-state index in [1.54, 1.807) is 0 Å². The maximum Gasteiger partial charge on any atom is 0.0625 e. The maximum absolute atomic E-state index is 8.53. The van der Waals surface area contributed by atoms with E-state index in [9.17, 15) is 0 Å². The second-order valence-corrected chi connectivity index (χ2v) is 6.62. The topological polar surface area (TPSA) is 23.8 Å². The summed E-state index contributed by atoms with van der Waals surface area (Å²) in [6, 6.07) is 19.9. The summed E-state index contributed by atoms with van der Waals surface area (Å²) in [5.74, 6) is 1.67. The first-order valence-electron chi connectivity index (χ1n) is 8.50. The Morgan fingerprint density at radius 3 is 2.17 bits per heavy atom. The molecule has 0 spiro atoms. The van der Waals surface area contributed by atoms with E-state index in [1.165, 1.54) is 35.1 Å². The minimum atomic E-state index is 0.584. The van der Waals surface area contributed by atoms with Crippen molar-refractivity contribution in [1.82, 2.24) is 0 Å². The van der Waals surface area contributed by atoms with Crippen molar-refractivity contribution >= 4 is 6.08 Å². The van der Waals surface area contributed by atoms with Crippen LogP contribution in [0.1, 0.15) is 49.7 Å². The van der Waals surface area contributed by atoms with Gasteiger partial charge >= 0.3 is 0 Å². The molecule has 23 heavy (non-hydrogen) atoms. The zero-order valence-electron chi connectivity index (χ0n) is 13.7. The Labute approximate surface area is 139 Å². The highest BCUT2D eigenvalue weighted by atomic mass is 14.3. The molecule has 0 saturated heterocycles. The summed E-state index contributed by atoms with van der Waals surface area (Å²) < 4.78 is 0. The molecule has 0 bridgehead atoms. The van der Waals surface area contributed by atoms with Crippen LogP contribution >= 0.6 is 0 Å². The lowest BCUT2D eigenvalue weighted by Crippen LogP contribution is -2.18. The average Bonchev–Trinajstić information content (AvgIpc) is 2.57. The highest BCUT2D eigenvalue weighted by Gasteiger charge is 2.26. The van der Waals surface area contributed by atoms with Crippen LogP contribution in [0.2, 0.25) is 0 Å². The first-order valence-corrected chi connectivity index (χ1v) is 8.50. The van der Waals surface area contributed by atoms with Crippen LogP contribution in [0.4, 0.5) is 0 Å². The van der Waals surface area contributed by atoms with Crippen molar-refractivity contribution < 1.29 is 0 Å². The van der Waals surface area contributed by atoms with Crippen LogP contribution in [0.15, 0.2) is 54.6 Å². The quantitative estimate of drug-likeness (QED) is 0.604. The van der Waals surface area contributed by atoms with Crippen LogP contribution in [0.3, 0.4) is 0 Å². The summed E-state index contributed by atoms with van der Waals surface area (Å²) in [5.41, 5.74) is 5.21. The summed E-state index contributed by atoms with van der Waals surface area (Å²) in [6.45, 7) is 2.33. The number of nitriles is 1. The van der Waals surface area contributed by atoms with E-state index < -0.39 is 0 Å². The molecule has 1 heteroatoms. The lowest BCUT2D eigenvalue weighted by molar-refractivity contribution is 0.288. The van der Waals surface area contributed by atoms with Gasteiger partial charge in [-0.15, -0.1) is 0 Å². The molecule has 0 aliphatic heterocycles. The van der Waals surface area contributed by atoms with Gasteiger partial charge < -0.3 is 0 Å². The molecule has 0 radical (unpaired) electrons. The Morgan fingerprint density at radius 1 is 1.00 bits per heavy atom. The van der Waals surface area contributed by atoms with E-state index >= 15 is 0 Å². The molecule has 0 heterocycles. The van der Waals surface area contributed by atoms with Crippen molar-refractivity contribution in [3.8, 4) is 17.2 Å². The third-order valence-corrected chi connectivity index (χ3v) is 4.73. The standard InChI is InChI=1S/C22H23N/c1-17-15-22(16-17)21-12-10-20(11-13-21)19-8-6-18(7-9-19)5-3-2-4-14-23/h3,5-13,17,22H,2,4,15-16H2,1H3/b5-3+. The van der Waals surface area contributed by atoms with Gasteiger partial charge in [-0.2, -0.15) is 5.26 Å². The van der Waals surface area contributed by atoms with E-state index in [-0.39, 0.29) is 0 Å². The summed E-state index contributed by atoms with van der Waals surface area (Å²) in [5, 5.41) is 8.53. The Kier molecular flexibility index (Phi) is 4.93. The monoisotopic (exact) mass is 301 g/mol. The van der Waals surface area contributed by atoms with Gasteiger partial charge in [0, 0.05) is 6.42 Å². The van der Waals surface area contributed by atoms with Gasteiger partial charge in [-0.1, -0.05) is 67.6 Å². The molecule has 0 atom stereocenters. The molecule has 3 rings (SSSR count). The molecule has 1 fully saturated rings. The van der Waals surface area contributed by atoms with Crippen LogP contribution < -0.4 is 0 Å². The van der Waals surface area contributed by atoms with E-state index in [1.807, 2.05) is 0 Å². The van der Waals surface area contributed by atoms with Crippen LogP contribution in [-0.4, -0.2) is 0 Å². The van der Waals surface area contributed by atoms with Gasteiger partial charge in [0.1, 0.15) is 0 Å². The number of benzene rings is 2. The number of allylic oxidation sites excluding steroid dienone is 1. The fraction of sp³-hybridized carbons (Fsp3) is 0.318. The lowest BCUT2D eigenvalue weighted by atomic mass is 9.72. The van der Waals surface area contributed by atoms with Crippen molar-refractivity contribution in [3.63, 3.8) is 0 Å². The molecule has 2 aromatic carbocycles. The first-order chi connectivity index (χ1) is 11.3. The zero-order valence-corrected chi connectivity index (χ0v) is 13.7. The Balaban J connectivity index is 1.65. The summed E-state index contributed by atoms with van der Waals surface area (Å²) >= 11 is 0. The summed E-state index contributed by atoms with van der Waals surface area (Å²) in [6.07, 6.45) is 8.23. The zero-order chi connectivity index (χ0) is 16.1. The molecule has 0 N–H and O–H groups in total. The van der Waals surface area contributed by atoms with Crippen molar-refractivity contribution in [2.24, 2.45) is 5.92 Å². The van der Waals surface area contributed by atoms with Gasteiger partial charge in [0.05, 0.1) is 6.07 Å². The fourth-order valence-corrected chi connectivity index (χ4v) is 3.28. The predicted molar refractivity (Wildman–Crippen MR) is 96.9 cm³/mol. The third-order valence-electron chi connectivity index (χ3n) is 4.73. The Morgan fingerprint density at radius 2 is 1.61 bits per heavy atom. The van der Waals surface area contributed by atoms with Crippen molar-refractivity contribution in [2.45, 2.75) is 38.5 Å². The van der Waals surface area contributed by atoms with Gasteiger partial charge in [-0.05, 0) is 53.4 Å². The second-order valence-electron chi connectivity index (χ2n) is 6.62. The summed E-state index contributed by atoms with van der Waals surface area (Å²) in [4.78, 5) is 0. The van der Waals surface area contributed by atoms with E-state index in [0.29, 0.717) is 6.42 Å². The maximum atomic E-state index is 8.53. The number of hydrogen-bond donors (Lipinski definition) is 0. The van der Waals surface area contributed by atoms with Crippen LogP contribution in [0.25, 0.3) is 17.2 Å². The van der Waals surface area contributed by atoms with Crippen LogP contribution in [0, 0.1) is 17.2 Å². The second kappa shape index (κ2) is 7.29. The Bertz CT molecular complexity index is 695. The number of unbranched alkanes of at least 4 members (excludes halogenated alkanes) is 1. The van der Waals surface area contributed by atoms with Gasteiger partial charge in [0.2, 0.25) is 0 Å². The smallest absolute Gasteiger partial charge is 0.0625 e. The van der Waals surface area contributed by atoms with E-state index in [2.05, 4.69) is 73.7 Å². The molecule has 2 aromatic rings. The molecule has 1 aliphatic rings. The molecule has 0 amide bonds. The van der Waals surface area contributed by atoms with E-state index in [0.717, 1.165) is 18.3 Å². The lowest BCUT2D eigenvalue weighted by Gasteiger charge is -2.33. The fourth-order valence-electron chi connectivity index (χ4n) is 3.28. The minimum absolute atomic E-state index is 0.584. The van der Waals surface area contributed by atoms with Crippen LogP contribution in [0.5, 0.6) is 0 Å². The highest BCUT2D eigenvalue weighted by molar-refractivity contribution is 5.66. The van der Waals surface area contributed by atoms with Crippen molar-refractivity contribution in [1.29, 1.82) is 5.26 Å². The van der Waals surface area contributed by atoms with Crippen molar-refractivity contribution in [3.05, 3.63) is 65.7 Å². The molecule has 1 saturated carbocycles. The van der Waals surface area contributed by atoms with Gasteiger partial charge in [-0.3, -0.25) is 0 Å². The average molecular weight is 301 g/mol. The predicted octanol–water partition coefficient (Wildman–Crippen LogP) is 6.18. The number of rotatable bonds is 5. The SMILES string of the molecule is CC1CC(c2ccc(-c3ccc(/C=C/CCC#N)cc3)cc2)C1. The van der Waals surface area contributed by atoms with E-state index in [4.69, 9.17) is 5.26 Å². The van der Waals surface area contributed by atoms with Crippen molar-refractivity contribution in [2.75, 3.05) is 0 Å². The number of nitrogens with zero attached hydrogens (tertiary/aromatic N) is 1.